The molecule has 2 aromatic rings. The largest absolute Gasteiger partial charge is 0.493 e. The van der Waals surface area contributed by atoms with Gasteiger partial charge in [0.1, 0.15) is 5.75 Å². The smallest absolute Gasteiger partial charge is 0.187 e. The van der Waals surface area contributed by atoms with E-state index in [4.69, 9.17) is 28.6 Å². The Hall–Kier alpha value is -2.02. The molecule has 0 heterocycles. The summed E-state index contributed by atoms with van der Waals surface area (Å²) >= 11 is 12.7. The molecule has 0 aliphatic heterocycles. The van der Waals surface area contributed by atoms with Gasteiger partial charge < -0.3 is 10.1 Å². The molecule has 136 valence electrons. The molecule has 7 heteroatoms. The number of thiocarbonyl (C=S) groups is 1. The van der Waals surface area contributed by atoms with Crippen LogP contribution in [-0.4, -0.2) is 30.2 Å². The Morgan fingerprint density at radius 1 is 1.19 bits per heavy atom. The molecule has 4 nitrogen and oxygen atoms in total. The molecule has 0 fully saturated rings. The van der Waals surface area contributed by atoms with Crippen molar-refractivity contribution in [3.8, 4) is 5.75 Å². The van der Waals surface area contributed by atoms with E-state index in [1.807, 2.05) is 48.5 Å². The topological polar surface area (TPSA) is 45.7 Å². The summed E-state index contributed by atoms with van der Waals surface area (Å²) in [6.07, 6.45) is 3.42. The van der Waals surface area contributed by atoms with E-state index in [0.717, 1.165) is 22.1 Å². The van der Waals surface area contributed by atoms with Crippen LogP contribution >= 0.6 is 35.6 Å². The molecule has 0 spiro atoms. The first-order valence-corrected chi connectivity index (χ1v) is 9.73. The van der Waals surface area contributed by atoms with Crippen molar-refractivity contribution < 1.29 is 4.74 Å². The fourth-order valence-electron chi connectivity index (χ4n) is 1.87. The molecule has 0 aliphatic rings. The van der Waals surface area contributed by atoms with Crippen LogP contribution in [0.15, 0.2) is 71.2 Å². The number of rotatable bonds is 9. The molecular formula is C19H20ClN3OS2. The van der Waals surface area contributed by atoms with E-state index in [-0.39, 0.29) is 0 Å². The third-order valence-corrected chi connectivity index (χ3v) is 4.57. The van der Waals surface area contributed by atoms with Crippen LogP contribution in [0.1, 0.15) is 5.56 Å². The van der Waals surface area contributed by atoms with Gasteiger partial charge in [-0.05, 0) is 66.3 Å². The molecule has 0 aromatic heterocycles. The van der Waals surface area contributed by atoms with Crippen molar-refractivity contribution in [2.24, 2.45) is 5.10 Å². The highest BCUT2D eigenvalue weighted by Crippen LogP contribution is 2.20. The second-order valence-electron chi connectivity index (χ2n) is 5.09. The van der Waals surface area contributed by atoms with E-state index < -0.39 is 0 Å². The fourth-order valence-corrected chi connectivity index (χ4v) is 2.86. The van der Waals surface area contributed by atoms with Crippen LogP contribution in [0.4, 0.5) is 0 Å². The second-order valence-corrected chi connectivity index (χ2v) is 7.10. The highest BCUT2D eigenvalue weighted by Gasteiger charge is 1.97. The quantitative estimate of drug-likeness (QED) is 0.161. The van der Waals surface area contributed by atoms with Gasteiger partial charge in [0.05, 0.1) is 12.8 Å². The maximum atomic E-state index is 5.87. The van der Waals surface area contributed by atoms with E-state index in [1.54, 1.807) is 24.1 Å². The average molecular weight is 406 g/mol. The molecule has 0 unspecified atom stereocenters. The maximum absolute atomic E-state index is 5.87. The Morgan fingerprint density at radius 3 is 2.62 bits per heavy atom. The Balaban J connectivity index is 1.69. The minimum absolute atomic E-state index is 0.458. The van der Waals surface area contributed by atoms with Crippen molar-refractivity contribution in [2.75, 3.05) is 18.9 Å². The molecular weight excluding hydrogens is 386 g/mol. The average Bonchev–Trinajstić information content (AvgIpc) is 2.66. The second kappa shape index (κ2) is 11.6. The zero-order chi connectivity index (χ0) is 18.6. The van der Waals surface area contributed by atoms with Crippen LogP contribution in [0.25, 0.3) is 0 Å². The number of nitrogens with one attached hydrogen (secondary N) is 2. The van der Waals surface area contributed by atoms with E-state index in [9.17, 15) is 0 Å². The molecule has 0 bridgehead atoms. The van der Waals surface area contributed by atoms with Crippen molar-refractivity contribution in [2.45, 2.75) is 4.90 Å². The third-order valence-electron chi connectivity index (χ3n) is 3.10. The summed E-state index contributed by atoms with van der Waals surface area (Å²) in [5, 5.41) is 8.21. The van der Waals surface area contributed by atoms with Crippen LogP contribution in [0.3, 0.4) is 0 Å². The Labute approximate surface area is 168 Å². The van der Waals surface area contributed by atoms with E-state index in [2.05, 4.69) is 22.4 Å². The Morgan fingerprint density at radius 2 is 1.92 bits per heavy atom. The normalized spacial score (nSPS) is 10.5. The molecule has 0 radical (unpaired) electrons. The summed E-state index contributed by atoms with van der Waals surface area (Å²) in [7, 11) is 0. The zero-order valence-corrected chi connectivity index (χ0v) is 16.5. The lowest BCUT2D eigenvalue weighted by atomic mass is 10.2. The molecule has 26 heavy (non-hydrogen) atoms. The summed E-state index contributed by atoms with van der Waals surface area (Å²) < 4.78 is 5.75. The zero-order valence-electron chi connectivity index (χ0n) is 14.2. The number of hydrazone groups is 1. The molecule has 0 aliphatic carbocycles. The summed E-state index contributed by atoms with van der Waals surface area (Å²) in [6.45, 7) is 4.84. The molecule has 2 rings (SSSR count). The van der Waals surface area contributed by atoms with Gasteiger partial charge >= 0.3 is 0 Å². The van der Waals surface area contributed by atoms with Gasteiger partial charge in [0.2, 0.25) is 0 Å². The van der Waals surface area contributed by atoms with Gasteiger partial charge in [-0.15, -0.1) is 18.3 Å². The summed E-state index contributed by atoms with van der Waals surface area (Å²) in [5.41, 5.74) is 3.69. The van der Waals surface area contributed by atoms with Gasteiger partial charge in [0, 0.05) is 22.2 Å². The van der Waals surface area contributed by atoms with Crippen molar-refractivity contribution in [1.29, 1.82) is 0 Å². The lowest BCUT2D eigenvalue weighted by Gasteiger charge is -2.06. The maximum Gasteiger partial charge on any atom is 0.187 e. The van der Waals surface area contributed by atoms with Crippen LogP contribution in [-0.2, 0) is 0 Å². The number of hydrogen-bond donors (Lipinski definition) is 2. The first kappa shape index (κ1) is 20.3. The van der Waals surface area contributed by atoms with Crippen LogP contribution < -0.4 is 15.5 Å². The predicted molar refractivity (Wildman–Crippen MR) is 116 cm³/mol. The van der Waals surface area contributed by atoms with E-state index >= 15 is 0 Å². The highest BCUT2D eigenvalue weighted by molar-refractivity contribution is 7.99. The SMILES string of the molecule is C=CCNC(=S)N/N=C/c1ccc(OCCSc2ccc(Cl)cc2)cc1. The van der Waals surface area contributed by atoms with Gasteiger partial charge in [0.25, 0.3) is 0 Å². The van der Waals surface area contributed by atoms with Crippen LogP contribution in [0, 0.1) is 0 Å². The van der Waals surface area contributed by atoms with Gasteiger partial charge in [-0.25, -0.2) is 0 Å². The summed E-state index contributed by atoms with van der Waals surface area (Å²) in [4.78, 5) is 1.18. The number of thioether (sulfide) groups is 1. The molecule has 2 N–H and O–H groups in total. The first-order valence-electron chi connectivity index (χ1n) is 7.96. The van der Waals surface area contributed by atoms with E-state index in [1.165, 1.54) is 4.90 Å². The van der Waals surface area contributed by atoms with Gasteiger partial charge in [-0.3, -0.25) is 5.43 Å². The van der Waals surface area contributed by atoms with Crippen LogP contribution in [0.5, 0.6) is 5.75 Å². The van der Waals surface area contributed by atoms with Crippen molar-refractivity contribution >= 4 is 46.9 Å². The van der Waals surface area contributed by atoms with Crippen LogP contribution in [0.2, 0.25) is 5.02 Å². The Bertz CT molecular complexity index is 733. The molecule has 0 amide bonds. The van der Waals surface area contributed by atoms with Crippen molar-refractivity contribution in [3.05, 3.63) is 71.8 Å². The fraction of sp³-hybridized carbons (Fsp3) is 0.158. The number of halogens is 1. The predicted octanol–water partition coefficient (Wildman–Crippen LogP) is 4.50. The molecule has 0 atom stereocenters. The van der Waals surface area contributed by atoms with Crippen molar-refractivity contribution in [3.63, 3.8) is 0 Å². The number of ether oxygens (including phenoxy) is 1. The number of benzene rings is 2. The van der Waals surface area contributed by atoms with Gasteiger partial charge in [0.15, 0.2) is 5.11 Å². The monoisotopic (exact) mass is 405 g/mol. The van der Waals surface area contributed by atoms with Gasteiger partial charge in [-0.1, -0.05) is 17.7 Å². The number of hydrogen-bond acceptors (Lipinski definition) is 4. The minimum atomic E-state index is 0.458. The van der Waals surface area contributed by atoms with Gasteiger partial charge in [-0.2, -0.15) is 5.10 Å². The number of nitrogens with zero attached hydrogens (tertiary/aromatic N) is 1. The molecule has 0 saturated heterocycles. The summed E-state index contributed by atoms with van der Waals surface area (Å²) in [6, 6.07) is 15.5. The lowest BCUT2D eigenvalue weighted by Crippen LogP contribution is -2.31. The molecule has 2 aromatic carbocycles. The van der Waals surface area contributed by atoms with Crippen molar-refractivity contribution in [1.82, 2.24) is 10.7 Å². The third kappa shape index (κ3) is 7.91. The summed E-state index contributed by atoms with van der Waals surface area (Å²) in [5.74, 6) is 1.69. The minimum Gasteiger partial charge on any atom is -0.493 e. The highest BCUT2D eigenvalue weighted by atomic mass is 35.5. The Kier molecular flexibility index (Phi) is 9.03. The first-order chi connectivity index (χ1) is 12.7. The van der Waals surface area contributed by atoms with E-state index in [0.29, 0.717) is 18.3 Å². The lowest BCUT2D eigenvalue weighted by molar-refractivity contribution is 0.344. The molecule has 0 saturated carbocycles. The standard InChI is InChI=1S/C19H20ClN3OS2/c1-2-11-21-19(25)23-22-14-15-3-7-17(8-4-15)24-12-13-26-18-9-5-16(20)6-10-18/h2-10,14H,1,11-13H2,(H2,21,23,25)/b22-14+.